The molecular formula is C12H11FN4O2. The fourth-order valence-electron chi connectivity index (χ4n) is 1.40. The molecule has 98 valence electrons. The van der Waals surface area contributed by atoms with Crippen LogP contribution >= 0.6 is 0 Å². The maximum atomic E-state index is 13.2. The lowest BCUT2D eigenvalue weighted by molar-refractivity contribution is 0.102. The van der Waals surface area contributed by atoms with Crippen LogP contribution in [-0.4, -0.2) is 23.2 Å². The van der Waals surface area contributed by atoms with Crippen molar-refractivity contribution in [2.24, 2.45) is 0 Å². The Morgan fingerprint density at radius 2 is 2.11 bits per heavy atom. The summed E-state index contributed by atoms with van der Waals surface area (Å²) in [6.07, 6.45) is 0. The Morgan fingerprint density at radius 3 is 2.74 bits per heavy atom. The second-order valence-corrected chi connectivity index (χ2v) is 3.65. The van der Waals surface area contributed by atoms with Crippen molar-refractivity contribution in [1.29, 1.82) is 0 Å². The number of methoxy groups -OCH3 is 1. The fourth-order valence-corrected chi connectivity index (χ4v) is 1.40. The number of nitrogens with one attached hydrogen (secondary N) is 1. The van der Waals surface area contributed by atoms with Crippen LogP contribution in [0, 0.1) is 5.82 Å². The average molecular weight is 262 g/mol. The number of anilines is 2. The molecule has 0 saturated heterocycles. The highest BCUT2D eigenvalue weighted by Crippen LogP contribution is 2.21. The predicted octanol–water partition coefficient (Wildman–Crippen LogP) is 1.46. The number of carbonyl (C=O) groups excluding carboxylic acids is 1. The van der Waals surface area contributed by atoms with Crippen LogP contribution < -0.4 is 15.8 Å². The molecule has 1 heterocycles. The first-order valence-corrected chi connectivity index (χ1v) is 5.34. The normalized spacial score (nSPS) is 10.0. The van der Waals surface area contributed by atoms with E-state index in [1.54, 1.807) is 0 Å². The van der Waals surface area contributed by atoms with Gasteiger partial charge in [0.2, 0.25) is 0 Å². The van der Waals surface area contributed by atoms with Gasteiger partial charge in [-0.2, -0.15) is 0 Å². The predicted molar refractivity (Wildman–Crippen MR) is 67.3 cm³/mol. The Morgan fingerprint density at radius 1 is 1.32 bits per heavy atom. The Labute approximate surface area is 108 Å². The average Bonchev–Trinajstić information content (AvgIpc) is 2.41. The number of hydrogen-bond donors (Lipinski definition) is 2. The number of nitrogens with two attached hydrogens (primary N) is 1. The number of nitrogens with zero attached hydrogens (tertiary/aromatic N) is 2. The first-order chi connectivity index (χ1) is 9.10. The van der Waals surface area contributed by atoms with E-state index in [1.165, 1.54) is 37.4 Å². The summed E-state index contributed by atoms with van der Waals surface area (Å²) in [6, 6.07) is 6.90. The van der Waals surface area contributed by atoms with Gasteiger partial charge in [-0.05, 0) is 24.3 Å². The third kappa shape index (κ3) is 2.95. The quantitative estimate of drug-likeness (QED) is 0.873. The molecule has 7 heteroatoms. The second-order valence-electron chi connectivity index (χ2n) is 3.65. The van der Waals surface area contributed by atoms with E-state index in [4.69, 9.17) is 10.5 Å². The molecule has 2 aromatic rings. The van der Waals surface area contributed by atoms with Crippen molar-refractivity contribution in [3.05, 3.63) is 41.8 Å². The minimum atomic E-state index is -0.507. The van der Waals surface area contributed by atoms with Crippen molar-refractivity contribution >= 4 is 17.4 Å². The van der Waals surface area contributed by atoms with Gasteiger partial charge in [-0.15, -0.1) is 10.2 Å². The van der Waals surface area contributed by atoms with Gasteiger partial charge in [-0.1, -0.05) is 0 Å². The molecule has 3 N–H and O–H groups in total. The van der Waals surface area contributed by atoms with Crippen LogP contribution in [0.4, 0.5) is 15.9 Å². The molecule has 0 saturated carbocycles. The summed E-state index contributed by atoms with van der Waals surface area (Å²) in [5.74, 6) is -0.713. The van der Waals surface area contributed by atoms with Gasteiger partial charge in [0.1, 0.15) is 5.82 Å². The van der Waals surface area contributed by atoms with Crippen molar-refractivity contribution in [3.63, 3.8) is 0 Å². The lowest BCUT2D eigenvalue weighted by Crippen LogP contribution is -2.14. The van der Waals surface area contributed by atoms with Crippen LogP contribution in [0.2, 0.25) is 0 Å². The summed E-state index contributed by atoms with van der Waals surface area (Å²) in [4.78, 5) is 11.8. The zero-order chi connectivity index (χ0) is 13.8. The van der Waals surface area contributed by atoms with E-state index in [2.05, 4.69) is 15.5 Å². The van der Waals surface area contributed by atoms with Crippen molar-refractivity contribution in [3.8, 4) is 5.75 Å². The molecule has 0 aliphatic heterocycles. The van der Waals surface area contributed by atoms with Gasteiger partial charge in [0, 0.05) is 11.8 Å². The third-order valence-electron chi connectivity index (χ3n) is 2.33. The van der Waals surface area contributed by atoms with Crippen LogP contribution in [0.1, 0.15) is 10.5 Å². The summed E-state index contributed by atoms with van der Waals surface area (Å²) >= 11 is 0. The van der Waals surface area contributed by atoms with E-state index < -0.39 is 11.7 Å². The van der Waals surface area contributed by atoms with Gasteiger partial charge in [-0.25, -0.2) is 4.39 Å². The zero-order valence-electron chi connectivity index (χ0n) is 10.1. The summed E-state index contributed by atoms with van der Waals surface area (Å²) < 4.78 is 18.0. The number of carbonyl (C=O) groups is 1. The van der Waals surface area contributed by atoms with Crippen LogP contribution in [0.25, 0.3) is 0 Å². The molecule has 1 aromatic carbocycles. The molecule has 0 fully saturated rings. The molecule has 0 bridgehead atoms. The Hall–Kier alpha value is -2.70. The highest BCUT2D eigenvalue weighted by atomic mass is 19.1. The van der Waals surface area contributed by atoms with Crippen LogP contribution in [0.15, 0.2) is 30.3 Å². The van der Waals surface area contributed by atoms with Crippen molar-refractivity contribution < 1.29 is 13.9 Å². The van der Waals surface area contributed by atoms with Crippen molar-refractivity contribution in [1.82, 2.24) is 10.2 Å². The van der Waals surface area contributed by atoms with Gasteiger partial charge < -0.3 is 15.8 Å². The Kier molecular flexibility index (Phi) is 3.56. The first kappa shape index (κ1) is 12.7. The van der Waals surface area contributed by atoms with Crippen LogP contribution in [-0.2, 0) is 0 Å². The SMILES string of the molecule is COc1cc(NC(=O)c2ccc(N)nn2)ccc1F. The van der Waals surface area contributed by atoms with Gasteiger partial charge in [0.15, 0.2) is 17.3 Å². The van der Waals surface area contributed by atoms with Crippen molar-refractivity contribution in [2.75, 3.05) is 18.2 Å². The number of hydrogen-bond acceptors (Lipinski definition) is 5. The molecule has 0 unspecified atom stereocenters. The Bertz CT molecular complexity index is 601. The van der Waals surface area contributed by atoms with Gasteiger partial charge in [0.05, 0.1) is 7.11 Å². The molecule has 2 rings (SSSR count). The third-order valence-corrected chi connectivity index (χ3v) is 2.33. The molecule has 0 spiro atoms. The van der Waals surface area contributed by atoms with E-state index in [9.17, 15) is 9.18 Å². The standard InChI is InChI=1S/C12H11FN4O2/c1-19-10-6-7(2-3-8(10)13)15-12(18)9-4-5-11(14)17-16-9/h2-6H,1H3,(H2,14,17)(H,15,18). The smallest absolute Gasteiger partial charge is 0.276 e. The van der Waals surface area contributed by atoms with Gasteiger partial charge in [-0.3, -0.25) is 4.79 Å². The molecule has 0 aliphatic carbocycles. The number of benzene rings is 1. The monoisotopic (exact) mass is 262 g/mol. The largest absolute Gasteiger partial charge is 0.494 e. The topological polar surface area (TPSA) is 90.1 Å². The minimum absolute atomic E-state index is 0.0428. The number of halogens is 1. The number of aromatic nitrogens is 2. The van der Waals surface area contributed by atoms with Crippen LogP contribution in [0.3, 0.4) is 0 Å². The molecule has 0 radical (unpaired) electrons. The lowest BCUT2D eigenvalue weighted by Gasteiger charge is -2.07. The van der Waals surface area contributed by atoms with E-state index in [1.807, 2.05) is 0 Å². The summed E-state index contributed by atoms with van der Waals surface area (Å²) in [6.45, 7) is 0. The zero-order valence-corrected chi connectivity index (χ0v) is 10.1. The number of ether oxygens (including phenoxy) is 1. The number of rotatable bonds is 3. The maximum absolute atomic E-state index is 13.2. The summed E-state index contributed by atoms with van der Waals surface area (Å²) in [5, 5.41) is 9.76. The number of nitrogen functional groups attached to an aromatic ring is 1. The van der Waals surface area contributed by atoms with E-state index >= 15 is 0 Å². The van der Waals surface area contributed by atoms with Crippen LogP contribution in [0.5, 0.6) is 5.75 Å². The Balaban J connectivity index is 2.17. The fraction of sp³-hybridized carbons (Fsp3) is 0.0833. The highest BCUT2D eigenvalue weighted by molar-refractivity contribution is 6.02. The van der Waals surface area contributed by atoms with Gasteiger partial charge >= 0.3 is 0 Å². The summed E-state index contributed by atoms with van der Waals surface area (Å²) in [5.41, 5.74) is 5.87. The second kappa shape index (κ2) is 5.30. The maximum Gasteiger partial charge on any atom is 0.276 e. The van der Waals surface area contributed by atoms with E-state index in [0.717, 1.165) is 0 Å². The van der Waals surface area contributed by atoms with E-state index in [-0.39, 0.29) is 17.3 Å². The highest BCUT2D eigenvalue weighted by Gasteiger charge is 2.10. The first-order valence-electron chi connectivity index (χ1n) is 5.34. The molecule has 0 aliphatic rings. The lowest BCUT2D eigenvalue weighted by atomic mass is 10.2. The molecule has 6 nitrogen and oxygen atoms in total. The minimum Gasteiger partial charge on any atom is -0.494 e. The molecule has 19 heavy (non-hydrogen) atoms. The molecular weight excluding hydrogens is 251 g/mol. The van der Waals surface area contributed by atoms with Crippen molar-refractivity contribution in [2.45, 2.75) is 0 Å². The molecule has 1 aromatic heterocycles. The molecule has 0 atom stereocenters. The van der Waals surface area contributed by atoms with E-state index in [0.29, 0.717) is 5.69 Å². The number of amides is 1. The molecule has 1 amide bonds. The van der Waals surface area contributed by atoms with Gasteiger partial charge in [0.25, 0.3) is 5.91 Å². The summed E-state index contributed by atoms with van der Waals surface area (Å²) in [7, 11) is 1.34.